The van der Waals surface area contributed by atoms with Gasteiger partial charge in [-0.25, -0.2) is 13.1 Å². The van der Waals surface area contributed by atoms with Crippen molar-refractivity contribution in [3.05, 3.63) is 36.4 Å². The Morgan fingerprint density at radius 2 is 2.31 bits per heavy atom. The Morgan fingerprint density at radius 3 is 2.94 bits per heavy atom. The summed E-state index contributed by atoms with van der Waals surface area (Å²) in [6.45, 7) is 0.0986. The molecule has 84 valence electrons. The van der Waals surface area contributed by atoms with Gasteiger partial charge in [-0.15, -0.1) is 0 Å². The molecule has 0 atom stereocenters. The van der Waals surface area contributed by atoms with Crippen LogP contribution in [-0.2, 0) is 16.6 Å². The maximum atomic E-state index is 11.6. The number of nitrogens with one attached hydrogen (secondary N) is 2. The Labute approximate surface area is 92.0 Å². The van der Waals surface area contributed by atoms with Gasteiger partial charge in [-0.3, -0.25) is 5.10 Å². The maximum absolute atomic E-state index is 11.6. The lowest BCUT2D eigenvalue weighted by Gasteiger charge is -2.02. The second-order valence-corrected chi connectivity index (χ2v) is 4.74. The molecule has 0 bridgehead atoms. The average molecular weight is 239 g/mol. The molecule has 0 saturated heterocycles. The maximum Gasteiger partial charge on any atom is 0.244 e. The van der Waals surface area contributed by atoms with Crippen molar-refractivity contribution in [3.8, 4) is 0 Å². The first-order chi connectivity index (χ1) is 7.68. The predicted molar refractivity (Wildman–Crippen MR) is 54.6 cm³/mol. The van der Waals surface area contributed by atoms with Gasteiger partial charge in [0.25, 0.3) is 0 Å². The first kappa shape index (κ1) is 10.7. The van der Waals surface area contributed by atoms with Crippen molar-refractivity contribution < 1.29 is 8.42 Å². The summed E-state index contributed by atoms with van der Waals surface area (Å²) < 4.78 is 25.7. The summed E-state index contributed by atoms with van der Waals surface area (Å²) in [6, 6.07) is 3.37. The van der Waals surface area contributed by atoms with Gasteiger partial charge in [-0.1, -0.05) is 0 Å². The van der Waals surface area contributed by atoms with Crippen LogP contribution in [0.4, 0.5) is 0 Å². The number of hydrogen-bond donors (Lipinski definition) is 2. The van der Waals surface area contributed by atoms with Crippen LogP contribution >= 0.6 is 0 Å². The zero-order valence-electron chi connectivity index (χ0n) is 8.16. The van der Waals surface area contributed by atoms with Crippen LogP contribution in [0.3, 0.4) is 0 Å². The van der Waals surface area contributed by atoms with Crippen LogP contribution in [-0.4, -0.2) is 28.8 Å². The SMILES string of the molecule is O=S(=O)(NCc1cccnn1)c1cn[nH]c1. The summed E-state index contributed by atoms with van der Waals surface area (Å²) in [4.78, 5) is 0.0939. The Hall–Kier alpha value is -1.80. The fraction of sp³-hybridized carbons (Fsp3) is 0.125. The Kier molecular flexibility index (Phi) is 2.93. The number of sulfonamides is 1. The van der Waals surface area contributed by atoms with E-state index in [1.807, 2.05) is 0 Å². The first-order valence-electron chi connectivity index (χ1n) is 4.43. The van der Waals surface area contributed by atoms with E-state index in [2.05, 4.69) is 25.1 Å². The third kappa shape index (κ3) is 2.41. The van der Waals surface area contributed by atoms with Crippen LogP contribution < -0.4 is 4.72 Å². The highest BCUT2D eigenvalue weighted by Crippen LogP contribution is 2.04. The van der Waals surface area contributed by atoms with E-state index in [1.54, 1.807) is 12.1 Å². The Bertz CT molecular complexity index is 537. The third-order valence-electron chi connectivity index (χ3n) is 1.85. The number of aromatic amines is 1. The number of rotatable bonds is 4. The van der Waals surface area contributed by atoms with Crippen LogP contribution in [0.25, 0.3) is 0 Å². The van der Waals surface area contributed by atoms with Crippen LogP contribution in [0, 0.1) is 0 Å². The van der Waals surface area contributed by atoms with Gasteiger partial charge in [0.15, 0.2) is 0 Å². The molecule has 0 saturated carbocycles. The van der Waals surface area contributed by atoms with Crippen molar-refractivity contribution >= 4 is 10.0 Å². The molecule has 0 amide bonds. The lowest BCUT2D eigenvalue weighted by atomic mass is 10.4. The van der Waals surface area contributed by atoms with Crippen molar-refractivity contribution in [2.45, 2.75) is 11.4 Å². The molecule has 2 rings (SSSR count). The number of nitrogens with zero attached hydrogens (tertiary/aromatic N) is 3. The van der Waals surface area contributed by atoms with E-state index in [-0.39, 0.29) is 11.4 Å². The quantitative estimate of drug-likeness (QED) is 0.761. The second-order valence-electron chi connectivity index (χ2n) is 2.97. The van der Waals surface area contributed by atoms with E-state index in [4.69, 9.17) is 0 Å². The second kappa shape index (κ2) is 4.37. The zero-order valence-corrected chi connectivity index (χ0v) is 8.98. The Balaban J connectivity index is 2.07. The lowest BCUT2D eigenvalue weighted by molar-refractivity contribution is 0.580. The van der Waals surface area contributed by atoms with Gasteiger partial charge in [0, 0.05) is 12.4 Å². The molecule has 16 heavy (non-hydrogen) atoms. The van der Waals surface area contributed by atoms with Gasteiger partial charge in [0.05, 0.1) is 18.4 Å². The number of aromatic nitrogens is 4. The van der Waals surface area contributed by atoms with Crippen molar-refractivity contribution in [3.63, 3.8) is 0 Å². The molecule has 0 unspecified atom stereocenters. The summed E-state index contributed by atoms with van der Waals surface area (Å²) in [7, 11) is -3.53. The lowest BCUT2D eigenvalue weighted by Crippen LogP contribution is -2.23. The molecule has 0 aliphatic rings. The van der Waals surface area contributed by atoms with Crippen LogP contribution in [0.15, 0.2) is 35.6 Å². The molecule has 2 aromatic heterocycles. The molecule has 0 fully saturated rings. The normalized spacial score (nSPS) is 11.5. The third-order valence-corrected chi connectivity index (χ3v) is 3.22. The summed E-state index contributed by atoms with van der Waals surface area (Å²) in [6.07, 6.45) is 4.06. The fourth-order valence-electron chi connectivity index (χ4n) is 1.07. The van der Waals surface area contributed by atoms with Crippen molar-refractivity contribution in [2.24, 2.45) is 0 Å². The van der Waals surface area contributed by atoms with Crippen molar-refractivity contribution in [1.82, 2.24) is 25.1 Å². The van der Waals surface area contributed by atoms with E-state index >= 15 is 0 Å². The smallest absolute Gasteiger partial charge is 0.244 e. The molecule has 0 aliphatic carbocycles. The Morgan fingerprint density at radius 1 is 1.44 bits per heavy atom. The molecular formula is C8H9N5O2S. The van der Waals surface area contributed by atoms with Gasteiger partial charge in [-0.2, -0.15) is 15.3 Å². The largest absolute Gasteiger partial charge is 0.284 e. The minimum Gasteiger partial charge on any atom is -0.284 e. The summed E-state index contributed by atoms with van der Waals surface area (Å²) in [5, 5.41) is 13.4. The van der Waals surface area contributed by atoms with Gasteiger partial charge in [0.1, 0.15) is 4.90 Å². The van der Waals surface area contributed by atoms with Crippen molar-refractivity contribution in [2.75, 3.05) is 0 Å². The highest BCUT2D eigenvalue weighted by Gasteiger charge is 2.14. The van der Waals surface area contributed by atoms with Gasteiger partial charge < -0.3 is 0 Å². The summed E-state index contributed by atoms with van der Waals surface area (Å²) in [5.74, 6) is 0. The number of H-pyrrole nitrogens is 1. The highest BCUT2D eigenvalue weighted by atomic mass is 32.2. The predicted octanol–water partition coefficient (Wildman–Crippen LogP) is -0.322. The average Bonchev–Trinajstić information content (AvgIpc) is 2.82. The first-order valence-corrected chi connectivity index (χ1v) is 5.92. The van der Waals surface area contributed by atoms with E-state index in [9.17, 15) is 8.42 Å². The molecule has 2 N–H and O–H groups in total. The summed E-state index contributed by atoms with van der Waals surface area (Å²) >= 11 is 0. The minimum atomic E-state index is -3.53. The molecule has 0 aliphatic heterocycles. The summed E-state index contributed by atoms with van der Waals surface area (Å²) in [5.41, 5.74) is 0.551. The molecule has 2 heterocycles. The zero-order chi connectivity index (χ0) is 11.4. The van der Waals surface area contributed by atoms with Crippen molar-refractivity contribution in [1.29, 1.82) is 0 Å². The van der Waals surface area contributed by atoms with E-state index in [1.165, 1.54) is 18.6 Å². The number of hydrogen-bond acceptors (Lipinski definition) is 5. The van der Waals surface area contributed by atoms with Gasteiger partial charge >= 0.3 is 0 Å². The molecule has 0 aromatic carbocycles. The van der Waals surface area contributed by atoms with Gasteiger partial charge in [-0.05, 0) is 12.1 Å². The standard InChI is InChI=1S/C8H9N5O2S/c14-16(15,8-5-10-11-6-8)12-4-7-2-1-3-9-13-7/h1-3,5-6,12H,4H2,(H,10,11). The van der Waals surface area contributed by atoms with E-state index in [0.717, 1.165) is 0 Å². The van der Waals surface area contributed by atoms with Crippen LogP contribution in [0.1, 0.15) is 5.69 Å². The molecule has 2 aromatic rings. The molecule has 8 heteroatoms. The topological polar surface area (TPSA) is 101 Å². The van der Waals surface area contributed by atoms with E-state index in [0.29, 0.717) is 5.69 Å². The minimum absolute atomic E-state index is 0.0939. The monoisotopic (exact) mass is 239 g/mol. The molecule has 7 nitrogen and oxygen atoms in total. The molecular weight excluding hydrogens is 230 g/mol. The van der Waals surface area contributed by atoms with Gasteiger partial charge in [0.2, 0.25) is 10.0 Å². The fourth-order valence-corrected chi connectivity index (χ4v) is 1.97. The molecule has 0 radical (unpaired) electrons. The van der Waals surface area contributed by atoms with Crippen LogP contribution in [0.5, 0.6) is 0 Å². The highest BCUT2D eigenvalue weighted by molar-refractivity contribution is 7.89. The van der Waals surface area contributed by atoms with Crippen LogP contribution in [0.2, 0.25) is 0 Å². The molecule has 0 spiro atoms. The van der Waals surface area contributed by atoms with E-state index < -0.39 is 10.0 Å².